The van der Waals surface area contributed by atoms with Gasteiger partial charge in [-0.3, -0.25) is 4.68 Å². The third kappa shape index (κ3) is 4.26. The molecule has 1 amide bonds. The average molecular weight is 437 g/mol. The van der Waals surface area contributed by atoms with E-state index in [9.17, 15) is 9.90 Å². The first kappa shape index (κ1) is 21.7. The first-order valence-corrected chi connectivity index (χ1v) is 10.8. The van der Waals surface area contributed by atoms with Crippen LogP contribution in [0, 0.1) is 11.3 Å². The van der Waals surface area contributed by atoms with Gasteiger partial charge in [0.05, 0.1) is 18.4 Å². The van der Waals surface area contributed by atoms with E-state index in [0.29, 0.717) is 11.1 Å². The maximum Gasteiger partial charge on any atom is 0.410 e. The summed E-state index contributed by atoms with van der Waals surface area (Å²) in [6.45, 7) is 5.62. The van der Waals surface area contributed by atoms with Crippen molar-refractivity contribution < 1.29 is 14.6 Å². The van der Waals surface area contributed by atoms with Crippen molar-refractivity contribution in [2.45, 2.75) is 64.1 Å². The van der Waals surface area contributed by atoms with E-state index in [1.807, 2.05) is 37.7 Å². The molecule has 0 aromatic carbocycles. The van der Waals surface area contributed by atoms with Gasteiger partial charge in [0.15, 0.2) is 0 Å². The third-order valence-electron chi connectivity index (χ3n) is 5.92. The van der Waals surface area contributed by atoms with Crippen molar-refractivity contribution in [3.8, 4) is 22.9 Å². The summed E-state index contributed by atoms with van der Waals surface area (Å²) in [5, 5.41) is 28.3. The van der Waals surface area contributed by atoms with Gasteiger partial charge in [-0.05, 0) is 52.5 Å². The molecule has 9 heteroatoms. The van der Waals surface area contributed by atoms with Gasteiger partial charge in [-0.1, -0.05) is 0 Å². The van der Waals surface area contributed by atoms with Crippen LogP contribution in [0.4, 0.5) is 4.79 Å². The average Bonchev–Trinajstić information content (AvgIpc) is 3.39. The second kappa shape index (κ2) is 8.19. The summed E-state index contributed by atoms with van der Waals surface area (Å²) in [7, 11) is 1.81. The maximum atomic E-state index is 12.4. The number of nitriles is 1. The Balaban J connectivity index is 1.44. The molecular formula is C23H28N6O3. The summed E-state index contributed by atoms with van der Waals surface area (Å²) >= 11 is 0. The minimum Gasteiger partial charge on any atom is -0.506 e. The molecule has 3 heterocycles. The number of rotatable bonds is 3. The summed E-state index contributed by atoms with van der Waals surface area (Å²) in [4.78, 5) is 14.1. The number of amides is 1. The predicted octanol–water partition coefficient (Wildman–Crippen LogP) is 4.13. The second-order valence-electron chi connectivity index (χ2n) is 9.34. The molecule has 32 heavy (non-hydrogen) atoms. The van der Waals surface area contributed by atoms with Crippen LogP contribution in [0.1, 0.15) is 58.1 Å². The fourth-order valence-corrected chi connectivity index (χ4v) is 4.22. The molecule has 168 valence electrons. The van der Waals surface area contributed by atoms with E-state index in [-0.39, 0.29) is 23.9 Å². The van der Waals surface area contributed by atoms with Crippen molar-refractivity contribution in [1.29, 1.82) is 5.26 Å². The molecule has 0 atom stereocenters. The molecule has 0 spiro atoms. The summed E-state index contributed by atoms with van der Waals surface area (Å²) in [6, 6.07) is 4.07. The number of hydrogen-bond donors (Lipinski definition) is 1. The normalized spacial score (nSPS) is 19.0. The molecule has 1 aliphatic carbocycles. The molecule has 0 saturated heterocycles. The number of aromatic hydroxyl groups is 1. The van der Waals surface area contributed by atoms with Crippen molar-refractivity contribution in [3.63, 3.8) is 0 Å². The third-order valence-corrected chi connectivity index (χ3v) is 5.92. The number of nitrogens with zero attached hydrogens (tertiary/aromatic N) is 6. The van der Waals surface area contributed by atoms with Crippen LogP contribution >= 0.6 is 0 Å². The number of fused-ring (bicyclic) bond motifs is 1. The summed E-state index contributed by atoms with van der Waals surface area (Å²) in [5.74, 6) is 0.00925. The van der Waals surface area contributed by atoms with Crippen LogP contribution in [-0.2, 0) is 4.74 Å². The smallest absolute Gasteiger partial charge is 0.410 e. The van der Waals surface area contributed by atoms with Crippen LogP contribution in [0.25, 0.3) is 16.6 Å². The molecule has 0 unspecified atom stereocenters. The number of carbonyl (C=O) groups is 1. The van der Waals surface area contributed by atoms with Crippen LogP contribution in [0.15, 0.2) is 30.9 Å². The van der Waals surface area contributed by atoms with E-state index in [2.05, 4.69) is 10.2 Å². The zero-order valence-corrected chi connectivity index (χ0v) is 18.8. The molecule has 4 rings (SSSR count). The molecule has 0 radical (unpaired) electrons. The van der Waals surface area contributed by atoms with E-state index in [0.717, 1.165) is 36.8 Å². The lowest BCUT2D eigenvalue weighted by molar-refractivity contribution is 0.0173. The Morgan fingerprint density at radius 2 is 1.91 bits per heavy atom. The zero-order chi connectivity index (χ0) is 23.0. The van der Waals surface area contributed by atoms with Gasteiger partial charge in [-0.25, -0.2) is 9.31 Å². The van der Waals surface area contributed by atoms with Crippen LogP contribution < -0.4 is 0 Å². The summed E-state index contributed by atoms with van der Waals surface area (Å²) < 4.78 is 8.96. The van der Waals surface area contributed by atoms with Gasteiger partial charge in [0.1, 0.15) is 28.5 Å². The van der Waals surface area contributed by atoms with Crippen LogP contribution in [0.5, 0.6) is 5.75 Å². The lowest BCUT2D eigenvalue weighted by atomic mass is 9.90. The molecule has 1 saturated carbocycles. The lowest BCUT2D eigenvalue weighted by Gasteiger charge is -2.35. The molecule has 3 aromatic rings. The highest BCUT2D eigenvalue weighted by Crippen LogP contribution is 2.33. The van der Waals surface area contributed by atoms with Crippen LogP contribution in [-0.4, -0.2) is 54.2 Å². The van der Waals surface area contributed by atoms with E-state index in [4.69, 9.17) is 10.00 Å². The van der Waals surface area contributed by atoms with Gasteiger partial charge in [-0.15, -0.1) is 0 Å². The number of hydrogen-bond acceptors (Lipinski definition) is 6. The quantitative estimate of drug-likeness (QED) is 0.661. The first-order chi connectivity index (χ1) is 15.2. The highest BCUT2D eigenvalue weighted by Gasteiger charge is 2.30. The zero-order valence-electron chi connectivity index (χ0n) is 18.8. The largest absolute Gasteiger partial charge is 0.506 e. The number of ether oxygens (including phenoxy) is 1. The molecule has 1 aliphatic rings. The van der Waals surface area contributed by atoms with Gasteiger partial charge in [0, 0.05) is 36.6 Å². The Kier molecular flexibility index (Phi) is 5.55. The van der Waals surface area contributed by atoms with Gasteiger partial charge in [0.25, 0.3) is 0 Å². The highest BCUT2D eigenvalue weighted by atomic mass is 16.6. The molecule has 9 nitrogen and oxygen atoms in total. The SMILES string of the molecule is CN(C(=O)OC(C)(C)C)[C@H]1CC[C@@H](n2cc(-c3cc(O)c4c(C#N)cnn4c3)cn2)CC1. The predicted molar refractivity (Wildman–Crippen MR) is 118 cm³/mol. The van der Waals surface area contributed by atoms with Gasteiger partial charge in [0.2, 0.25) is 0 Å². The van der Waals surface area contributed by atoms with E-state index in [1.165, 1.54) is 10.7 Å². The van der Waals surface area contributed by atoms with Gasteiger partial charge in [-0.2, -0.15) is 15.5 Å². The van der Waals surface area contributed by atoms with Crippen molar-refractivity contribution >= 4 is 11.6 Å². The van der Waals surface area contributed by atoms with E-state index in [1.54, 1.807) is 30.4 Å². The highest BCUT2D eigenvalue weighted by molar-refractivity contribution is 5.74. The second-order valence-corrected chi connectivity index (χ2v) is 9.34. The van der Waals surface area contributed by atoms with Crippen LogP contribution in [0.2, 0.25) is 0 Å². The fraction of sp³-hybridized carbons (Fsp3) is 0.478. The Labute approximate surface area is 186 Å². The number of aromatic nitrogens is 4. The standard InChI is InChI=1S/C23H28N6O3/c1-23(2,3)32-22(31)27(4)18-5-7-19(8-6-18)28-14-17(12-25-28)15-9-20(30)21-16(10-24)11-26-29(21)13-15/h9,11-14,18-19,30H,5-8H2,1-4H3/t18-,19+. The van der Waals surface area contributed by atoms with E-state index >= 15 is 0 Å². The molecular weight excluding hydrogens is 408 g/mol. The fourth-order valence-electron chi connectivity index (χ4n) is 4.22. The summed E-state index contributed by atoms with van der Waals surface area (Å²) in [5.41, 5.74) is 1.86. The summed E-state index contributed by atoms with van der Waals surface area (Å²) in [6.07, 6.45) is 10.3. The van der Waals surface area contributed by atoms with Crippen molar-refractivity contribution in [2.24, 2.45) is 0 Å². The molecule has 1 fully saturated rings. The topological polar surface area (TPSA) is 109 Å². The van der Waals surface area contributed by atoms with Crippen molar-refractivity contribution in [1.82, 2.24) is 24.3 Å². The van der Waals surface area contributed by atoms with Crippen molar-refractivity contribution in [2.75, 3.05) is 7.05 Å². The maximum absolute atomic E-state index is 12.4. The van der Waals surface area contributed by atoms with Crippen LogP contribution in [0.3, 0.4) is 0 Å². The molecule has 1 N–H and O–H groups in total. The molecule has 0 bridgehead atoms. The first-order valence-electron chi connectivity index (χ1n) is 10.8. The van der Waals surface area contributed by atoms with Gasteiger partial charge < -0.3 is 14.7 Å². The Morgan fingerprint density at radius 1 is 1.19 bits per heavy atom. The monoisotopic (exact) mass is 436 g/mol. The number of pyridine rings is 1. The lowest BCUT2D eigenvalue weighted by Crippen LogP contribution is -2.42. The minimum atomic E-state index is -0.502. The Morgan fingerprint density at radius 3 is 2.56 bits per heavy atom. The molecule has 0 aliphatic heterocycles. The minimum absolute atomic E-state index is 0.00925. The Hall–Kier alpha value is -3.54. The molecule has 3 aromatic heterocycles. The van der Waals surface area contributed by atoms with E-state index < -0.39 is 5.60 Å². The Bertz CT molecular complexity index is 1170. The van der Waals surface area contributed by atoms with Gasteiger partial charge >= 0.3 is 6.09 Å². The number of carbonyl (C=O) groups excluding carboxylic acids is 1. The van der Waals surface area contributed by atoms with Crippen molar-refractivity contribution in [3.05, 3.63) is 36.4 Å².